The summed E-state index contributed by atoms with van der Waals surface area (Å²) in [7, 11) is -9.82. The Labute approximate surface area is 182 Å². The SMILES string of the molecule is O=C1C=C/C(=C(\c2ccc(O)c(S(=O)(=O)O)c2)c2ccccc2C(=O)O)C=C1S(=O)(=O)O. The van der Waals surface area contributed by atoms with Gasteiger partial charge in [-0.05, 0) is 52.6 Å². The van der Waals surface area contributed by atoms with Gasteiger partial charge in [-0.25, -0.2) is 4.79 Å². The van der Waals surface area contributed by atoms with E-state index in [-0.39, 0.29) is 27.8 Å². The minimum atomic E-state index is -4.94. The molecule has 0 aliphatic heterocycles. The molecule has 12 heteroatoms. The number of phenolic OH excluding ortho intramolecular Hbond substituents is 1. The standard InChI is InChI=1S/C20H14O10S2/c21-15-7-5-11(9-17(15)31(25,26)27)19(13-3-1-2-4-14(13)20(23)24)12-6-8-16(22)18(10-12)32(28,29)30/h1-10,21H,(H,23,24)(H,25,26,27)(H,28,29,30)/b19-12-. The molecule has 0 spiro atoms. The summed E-state index contributed by atoms with van der Waals surface area (Å²) in [4.78, 5) is 21.8. The van der Waals surface area contributed by atoms with Gasteiger partial charge in [-0.3, -0.25) is 13.9 Å². The number of benzene rings is 2. The van der Waals surface area contributed by atoms with Crippen LogP contribution in [0.3, 0.4) is 0 Å². The van der Waals surface area contributed by atoms with Gasteiger partial charge in [-0.2, -0.15) is 16.8 Å². The fraction of sp³-hybridized carbons (Fsp3) is 0. The van der Waals surface area contributed by atoms with E-state index in [0.717, 1.165) is 30.4 Å². The molecule has 166 valence electrons. The van der Waals surface area contributed by atoms with Gasteiger partial charge in [0.2, 0.25) is 0 Å². The molecule has 0 atom stereocenters. The molecule has 0 heterocycles. The van der Waals surface area contributed by atoms with Crippen molar-refractivity contribution in [3.63, 3.8) is 0 Å². The molecule has 32 heavy (non-hydrogen) atoms. The summed E-state index contributed by atoms with van der Waals surface area (Å²) in [5.74, 6) is -3.16. The Morgan fingerprint density at radius 1 is 0.844 bits per heavy atom. The Morgan fingerprint density at radius 2 is 1.47 bits per heavy atom. The van der Waals surface area contributed by atoms with Crippen molar-refractivity contribution in [3.8, 4) is 5.75 Å². The third-order valence-electron chi connectivity index (χ3n) is 4.46. The Hall–Kier alpha value is -3.58. The molecule has 10 nitrogen and oxygen atoms in total. The lowest BCUT2D eigenvalue weighted by atomic mass is 9.88. The number of aromatic hydroxyl groups is 1. The highest BCUT2D eigenvalue weighted by molar-refractivity contribution is 7.90. The van der Waals surface area contributed by atoms with Crippen molar-refractivity contribution in [2.45, 2.75) is 4.90 Å². The van der Waals surface area contributed by atoms with Gasteiger partial charge in [0, 0.05) is 0 Å². The van der Waals surface area contributed by atoms with E-state index in [2.05, 4.69) is 0 Å². The molecule has 1 aliphatic carbocycles. The summed E-state index contributed by atoms with van der Waals surface area (Å²) in [6.45, 7) is 0. The average Bonchev–Trinajstić information content (AvgIpc) is 2.69. The summed E-state index contributed by atoms with van der Waals surface area (Å²) < 4.78 is 65.3. The van der Waals surface area contributed by atoms with Crippen LogP contribution in [-0.4, -0.2) is 47.9 Å². The molecule has 2 aromatic rings. The first-order valence-electron chi connectivity index (χ1n) is 8.60. The van der Waals surface area contributed by atoms with Crippen LogP contribution < -0.4 is 0 Å². The minimum absolute atomic E-state index is 0.00640. The molecular formula is C20H14O10S2. The average molecular weight is 478 g/mol. The number of allylic oxidation sites excluding steroid dienone is 5. The Morgan fingerprint density at radius 3 is 2.03 bits per heavy atom. The fourth-order valence-corrected chi connectivity index (χ4v) is 4.31. The molecule has 0 saturated carbocycles. The van der Waals surface area contributed by atoms with E-state index < -0.39 is 47.5 Å². The number of carboxylic acid groups (broad SMARTS) is 1. The van der Waals surface area contributed by atoms with Crippen LogP contribution in [0.5, 0.6) is 5.75 Å². The van der Waals surface area contributed by atoms with Crippen molar-refractivity contribution >= 4 is 37.6 Å². The van der Waals surface area contributed by atoms with E-state index in [1.54, 1.807) is 0 Å². The maximum Gasteiger partial charge on any atom is 0.336 e. The largest absolute Gasteiger partial charge is 0.506 e. The van der Waals surface area contributed by atoms with E-state index in [9.17, 15) is 45.7 Å². The second kappa shape index (κ2) is 8.16. The van der Waals surface area contributed by atoms with E-state index in [0.29, 0.717) is 0 Å². The van der Waals surface area contributed by atoms with Crippen LogP contribution in [0.15, 0.2) is 76.1 Å². The van der Waals surface area contributed by atoms with Gasteiger partial charge in [0.05, 0.1) is 5.56 Å². The highest BCUT2D eigenvalue weighted by Crippen LogP contribution is 2.36. The van der Waals surface area contributed by atoms with Crippen LogP contribution in [0, 0.1) is 0 Å². The fourth-order valence-electron chi connectivity index (χ4n) is 3.11. The van der Waals surface area contributed by atoms with Crippen LogP contribution in [-0.2, 0) is 25.0 Å². The number of carbonyl (C=O) groups excluding carboxylic acids is 1. The molecule has 3 rings (SSSR count). The first-order valence-corrected chi connectivity index (χ1v) is 11.5. The second-order valence-electron chi connectivity index (χ2n) is 6.52. The van der Waals surface area contributed by atoms with Crippen molar-refractivity contribution in [2.24, 2.45) is 0 Å². The number of hydrogen-bond acceptors (Lipinski definition) is 7. The summed E-state index contributed by atoms with van der Waals surface area (Å²) >= 11 is 0. The second-order valence-corrected chi connectivity index (χ2v) is 9.30. The number of aromatic carboxylic acids is 1. The number of hydrogen-bond donors (Lipinski definition) is 4. The van der Waals surface area contributed by atoms with Crippen LogP contribution in [0.2, 0.25) is 0 Å². The zero-order valence-electron chi connectivity index (χ0n) is 15.8. The van der Waals surface area contributed by atoms with Gasteiger partial charge in [0.25, 0.3) is 20.2 Å². The molecule has 0 saturated heterocycles. The van der Waals surface area contributed by atoms with Gasteiger partial charge < -0.3 is 10.2 Å². The monoisotopic (exact) mass is 478 g/mol. The highest BCUT2D eigenvalue weighted by atomic mass is 32.2. The molecule has 0 unspecified atom stereocenters. The third kappa shape index (κ3) is 4.53. The lowest BCUT2D eigenvalue weighted by Crippen LogP contribution is -2.14. The van der Waals surface area contributed by atoms with Crippen molar-refractivity contribution in [1.82, 2.24) is 0 Å². The van der Waals surface area contributed by atoms with Crippen LogP contribution in [0.1, 0.15) is 21.5 Å². The predicted molar refractivity (Wildman–Crippen MR) is 111 cm³/mol. The summed E-state index contributed by atoms with van der Waals surface area (Å²) in [5.41, 5.74) is -0.379. The lowest BCUT2D eigenvalue weighted by molar-refractivity contribution is -0.110. The molecule has 1 aliphatic rings. The molecule has 0 aromatic heterocycles. The number of ketones is 1. The van der Waals surface area contributed by atoms with Gasteiger partial charge in [0.1, 0.15) is 15.6 Å². The van der Waals surface area contributed by atoms with Crippen molar-refractivity contribution in [2.75, 3.05) is 0 Å². The summed E-state index contributed by atoms with van der Waals surface area (Å²) in [6.07, 6.45) is 2.81. The molecule has 0 fully saturated rings. The van der Waals surface area contributed by atoms with Crippen LogP contribution in [0.25, 0.3) is 5.57 Å². The van der Waals surface area contributed by atoms with E-state index in [4.69, 9.17) is 0 Å². The highest BCUT2D eigenvalue weighted by Gasteiger charge is 2.27. The topological polar surface area (TPSA) is 183 Å². The van der Waals surface area contributed by atoms with Crippen molar-refractivity contribution in [1.29, 1.82) is 0 Å². The van der Waals surface area contributed by atoms with E-state index in [1.165, 1.54) is 30.3 Å². The molecule has 0 amide bonds. The first kappa shape index (κ1) is 23.1. The van der Waals surface area contributed by atoms with Gasteiger partial charge in [-0.15, -0.1) is 0 Å². The smallest absolute Gasteiger partial charge is 0.336 e. The van der Waals surface area contributed by atoms with Crippen molar-refractivity contribution in [3.05, 3.63) is 87.9 Å². The quantitative estimate of drug-likeness (QED) is 0.464. The Bertz CT molecular complexity index is 1460. The maximum atomic E-state index is 11.9. The number of phenols is 1. The molecule has 0 radical (unpaired) electrons. The number of rotatable bonds is 5. The molecule has 0 bridgehead atoms. The molecule has 4 N–H and O–H groups in total. The number of carbonyl (C=O) groups is 2. The zero-order valence-corrected chi connectivity index (χ0v) is 17.5. The van der Waals surface area contributed by atoms with Crippen molar-refractivity contribution < 1.29 is 45.7 Å². The maximum absolute atomic E-state index is 11.9. The Kier molecular flexibility index (Phi) is 5.89. The first-order chi connectivity index (χ1) is 14.8. The third-order valence-corrected chi connectivity index (χ3v) is 6.22. The van der Waals surface area contributed by atoms with E-state index in [1.807, 2.05) is 0 Å². The Balaban J connectivity index is 2.48. The van der Waals surface area contributed by atoms with E-state index >= 15 is 0 Å². The lowest BCUT2D eigenvalue weighted by Gasteiger charge is -2.17. The van der Waals surface area contributed by atoms with Crippen LogP contribution >= 0.6 is 0 Å². The van der Waals surface area contributed by atoms with Gasteiger partial charge in [0.15, 0.2) is 5.78 Å². The zero-order chi connectivity index (χ0) is 23.8. The normalized spacial score (nSPS) is 15.9. The van der Waals surface area contributed by atoms with Gasteiger partial charge in [-0.1, -0.05) is 30.3 Å². The predicted octanol–water partition coefficient (Wildman–Crippen LogP) is 2.05. The molecule has 2 aromatic carbocycles. The number of carboxylic acids is 1. The van der Waals surface area contributed by atoms with Gasteiger partial charge >= 0.3 is 5.97 Å². The summed E-state index contributed by atoms with van der Waals surface area (Å²) in [5, 5.41) is 19.4. The molecular weight excluding hydrogens is 464 g/mol. The minimum Gasteiger partial charge on any atom is -0.506 e. The summed E-state index contributed by atoms with van der Waals surface area (Å²) in [6, 6.07) is 8.50. The van der Waals surface area contributed by atoms with Crippen LogP contribution in [0.4, 0.5) is 0 Å².